The number of rotatable bonds is 6. The number of hydrogen-bond acceptors (Lipinski definition) is 7. The lowest BCUT2D eigenvalue weighted by Gasteiger charge is -2.35. The van der Waals surface area contributed by atoms with Gasteiger partial charge in [-0.2, -0.15) is 13.2 Å². The molecular formula is C25H24F3N5O4. The Kier molecular flexibility index (Phi) is 6.61. The Morgan fingerprint density at radius 2 is 2.05 bits per heavy atom. The van der Waals surface area contributed by atoms with Gasteiger partial charge in [-0.1, -0.05) is 12.1 Å². The topological polar surface area (TPSA) is 111 Å². The van der Waals surface area contributed by atoms with E-state index in [1.54, 1.807) is 24.3 Å². The Balaban J connectivity index is 1.42. The molecule has 9 nitrogen and oxygen atoms in total. The number of amides is 2. The van der Waals surface area contributed by atoms with Crippen LogP contribution in [0.2, 0.25) is 0 Å². The second kappa shape index (κ2) is 9.87. The monoisotopic (exact) mass is 515 g/mol. The third-order valence-corrected chi connectivity index (χ3v) is 6.28. The molecular weight excluding hydrogens is 491 g/mol. The molecule has 0 aliphatic carbocycles. The minimum absolute atomic E-state index is 0.131. The molecule has 2 aliphatic rings. The van der Waals surface area contributed by atoms with Crippen molar-refractivity contribution in [3.8, 4) is 17.0 Å². The van der Waals surface area contributed by atoms with E-state index >= 15 is 0 Å². The fraction of sp³-hybridized carbons (Fsp3) is 0.320. The zero-order valence-corrected chi connectivity index (χ0v) is 19.5. The van der Waals surface area contributed by atoms with Gasteiger partial charge in [-0.25, -0.2) is 14.8 Å². The third kappa shape index (κ3) is 5.16. The summed E-state index contributed by atoms with van der Waals surface area (Å²) in [4.78, 5) is 25.8. The van der Waals surface area contributed by atoms with Crippen molar-refractivity contribution in [2.45, 2.75) is 24.7 Å². The number of urea groups is 1. The van der Waals surface area contributed by atoms with Crippen molar-refractivity contribution in [3.05, 3.63) is 60.3 Å². The van der Waals surface area contributed by atoms with Crippen molar-refractivity contribution in [3.63, 3.8) is 0 Å². The van der Waals surface area contributed by atoms with Crippen LogP contribution >= 0.6 is 0 Å². The molecule has 1 fully saturated rings. The molecule has 2 aromatic heterocycles. The molecule has 0 radical (unpaired) electrons. The van der Waals surface area contributed by atoms with E-state index in [1.165, 1.54) is 23.2 Å². The highest BCUT2D eigenvalue weighted by Crippen LogP contribution is 2.41. The number of halogens is 3. The van der Waals surface area contributed by atoms with E-state index in [0.29, 0.717) is 35.8 Å². The molecule has 2 aliphatic heterocycles. The second-order valence-corrected chi connectivity index (χ2v) is 8.83. The average molecular weight is 515 g/mol. The fourth-order valence-electron chi connectivity index (χ4n) is 4.47. The summed E-state index contributed by atoms with van der Waals surface area (Å²) in [5.41, 5.74) is 0.564. The fourth-order valence-corrected chi connectivity index (χ4v) is 4.47. The Morgan fingerprint density at radius 3 is 2.84 bits per heavy atom. The summed E-state index contributed by atoms with van der Waals surface area (Å²) in [6, 6.07) is 10.7. The van der Waals surface area contributed by atoms with Crippen molar-refractivity contribution in [1.29, 1.82) is 0 Å². The molecule has 12 heteroatoms. The number of benzene rings is 1. The van der Waals surface area contributed by atoms with Gasteiger partial charge in [-0.15, -0.1) is 0 Å². The van der Waals surface area contributed by atoms with Crippen molar-refractivity contribution >= 4 is 23.4 Å². The highest BCUT2D eigenvalue weighted by molar-refractivity contribution is 6.04. The first-order valence-electron chi connectivity index (χ1n) is 11.6. The summed E-state index contributed by atoms with van der Waals surface area (Å²) >= 11 is 0. The number of nitrogens with zero attached hydrogens (tertiary/aromatic N) is 4. The van der Waals surface area contributed by atoms with Gasteiger partial charge >= 0.3 is 12.2 Å². The maximum Gasteiger partial charge on any atom is 0.416 e. The van der Waals surface area contributed by atoms with E-state index in [0.717, 1.165) is 24.4 Å². The molecule has 1 unspecified atom stereocenters. The van der Waals surface area contributed by atoms with Crippen molar-refractivity contribution in [1.82, 2.24) is 9.97 Å². The second-order valence-electron chi connectivity index (χ2n) is 8.83. The number of fused-ring (bicyclic) bond motifs is 4. The number of nitrogens with one attached hydrogen (secondary N) is 1. The number of aromatic nitrogens is 2. The summed E-state index contributed by atoms with van der Waals surface area (Å²) in [7, 11) is 0. The van der Waals surface area contributed by atoms with Crippen LogP contribution in [0, 0.1) is 0 Å². The summed E-state index contributed by atoms with van der Waals surface area (Å²) in [5, 5.41) is 21.2. The first kappa shape index (κ1) is 24.8. The van der Waals surface area contributed by atoms with Gasteiger partial charge in [0.1, 0.15) is 24.3 Å². The van der Waals surface area contributed by atoms with Crippen LogP contribution in [0.3, 0.4) is 0 Å². The maximum atomic E-state index is 13.4. The minimum Gasteiger partial charge on any atom is -0.491 e. The molecule has 2 bridgehead atoms. The lowest BCUT2D eigenvalue weighted by atomic mass is 10.1. The lowest BCUT2D eigenvalue weighted by Crippen LogP contribution is -2.48. The first-order chi connectivity index (χ1) is 17.7. The summed E-state index contributed by atoms with van der Waals surface area (Å²) in [5.74, 6) is 0.908. The molecule has 0 saturated carbocycles. The third-order valence-electron chi connectivity index (χ3n) is 6.28. The van der Waals surface area contributed by atoms with Crippen LogP contribution in [0.25, 0.3) is 11.3 Å². The van der Waals surface area contributed by atoms with Crippen LogP contribution < -0.4 is 19.9 Å². The smallest absolute Gasteiger partial charge is 0.416 e. The van der Waals surface area contributed by atoms with Crippen LogP contribution in [0.15, 0.2) is 54.7 Å². The van der Waals surface area contributed by atoms with Crippen molar-refractivity contribution in [2.24, 2.45) is 0 Å². The van der Waals surface area contributed by atoms with Gasteiger partial charge in [0.05, 0.1) is 29.6 Å². The van der Waals surface area contributed by atoms with E-state index in [1.807, 2.05) is 0 Å². The molecule has 1 saturated heterocycles. The zero-order valence-electron chi connectivity index (χ0n) is 19.5. The van der Waals surface area contributed by atoms with Gasteiger partial charge in [-0.3, -0.25) is 10.2 Å². The average Bonchev–Trinajstić information content (AvgIpc) is 3.31. The lowest BCUT2D eigenvalue weighted by molar-refractivity contribution is -0.137. The highest BCUT2D eigenvalue weighted by Gasteiger charge is 2.40. The molecule has 5 rings (SSSR count). The van der Waals surface area contributed by atoms with E-state index < -0.39 is 30.5 Å². The van der Waals surface area contributed by atoms with Crippen LogP contribution in [0.4, 0.5) is 35.3 Å². The van der Waals surface area contributed by atoms with E-state index in [2.05, 4.69) is 20.2 Å². The normalized spacial score (nSPS) is 17.4. The number of aliphatic hydroxyl groups excluding tert-OH is 2. The highest BCUT2D eigenvalue weighted by atomic mass is 19.4. The molecule has 194 valence electrons. The van der Waals surface area contributed by atoms with Gasteiger partial charge in [0.15, 0.2) is 5.82 Å². The Morgan fingerprint density at radius 1 is 1.22 bits per heavy atom. The summed E-state index contributed by atoms with van der Waals surface area (Å²) in [6.07, 6.45) is -3.39. The standard InChI is InChI=1S/C25H24F3N5O4/c26-25(27,28)16-3-1-2-15(10-16)20-4-5-21-23(30-20)33(17-7-9-32(21)12-17)24(36)31-22-11-19(6-8-29-22)37-14-18(35)13-34/h1-6,8,10-11,17-18,34-35H,7,9,12-14H2,(H,29,31,36)/t17?,18-/m0/s1. The summed E-state index contributed by atoms with van der Waals surface area (Å²) < 4.78 is 45.2. The first-order valence-corrected chi connectivity index (χ1v) is 11.6. The Bertz CT molecular complexity index is 1310. The van der Waals surface area contributed by atoms with Gasteiger partial charge in [-0.05, 0) is 36.8 Å². The molecule has 0 spiro atoms. The van der Waals surface area contributed by atoms with Gasteiger partial charge in [0.2, 0.25) is 0 Å². The van der Waals surface area contributed by atoms with Crippen molar-refractivity contribution < 1.29 is 32.9 Å². The Labute approximate surface area is 210 Å². The van der Waals surface area contributed by atoms with Gasteiger partial charge < -0.3 is 19.8 Å². The Hall–Kier alpha value is -3.90. The number of carbonyl (C=O) groups is 1. The number of anilines is 3. The quantitative estimate of drug-likeness (QED) is 0.461. The number of pyridine rings is 2. The largest absolute Gasteiger partial charge is 0.491 e. The number of alkyl halides is 3. The number of carbonyl (C=O) groups excluding carboxylic acids is 1. The molecule has 1 aromatic carbocycles. The van der Waals surface area contributed by atoms with Crippen LogP contribution in [-0.2, 0) is 6.18 Å². The van der Waals surface area contributed by atoms with Crippen molar-refractivity contribution in [2.75, 3.05) is 41.4 Å². The van der Waals surface area contributed by atoms with Crippen LogP contribution in [-0.4, -0.2) is 64.7 Å². The zero-order chi connectivity index (χ0) is 26.2. The van der Waals surface area contributed by atoms with Crippen LogP contribution in [0.1, 0.15) is 12.0 Å². The SMILES string of the molecule is O=C(Nc1cc(OC[C@@H](O)CO)ccn1)N1c2nc(-c3cccc(C(F)(F)F)c3)ccc2N2CCC1C2. The summed E-state index contributed by atoms with van der Waals surface area (Å²) in [6.45, 7) is 0.756. The minimum atomic E-state index is -4.48. The van der Waals surface area contributed by atoms with E-state index in [-0.39, 0.29) is 18.5 Å². The predicted molar refractivity (Wildman–Crippen MR) is 130 cm³/mol. The molecule has 3 N–H and O–H groups in total. The molecule has 4 heterocycles. The molecule has 3 aromatic rings. The van der Waals surface area contributed by atoms with Gasteiger partial charge in [0, 0.05) is 30.9 Å². The maximum absolute atomic E-state index is 13.4. The molecule has 37 heavy (non-hydrogen) atoms. The van der Waals surface area contributed by atoms with Crippen LogP contribution in [0.5, 0.6) is 5.75 Å². The number of ether oxygens (including phenoxy) is 1. The van der Waals surface area contributed by atoms with E-state index in [4.69, 9.17) is 9.84 Å². The molecule has 2 atom stereocenters. The predicted octanol–water partition coefficient (Wildman–Crippen LogP) is 3.53. The molecule has 2 amide bonds. The van der Waals surface area contributed by atoms with Gasteiger partial charge in [0.25, 0.3) is 0 Å². The number of hydrogen-bond donors (Lipinski definition) is 3. The number of aliphatic hydroxyl groups is 2. The van der Waals surface area contributed by atoms with E-state index in [9.17, 15) is 23.1 Å².